The fourth-order valence-corrected chi connectivity index (χ4v) is 5.49. The van der Waals surface area contributed by atoms with Gasteiger partial charge in [0.05, 0.1) is 17.7 Å². The molecule has 0 saturated heterocycles. The number of carbonyl (C=O) groups is 2. The van der Waals surface area contributed by atoms with E-state index < -0.39 is 11.9 Å². The zero-order valence-electron chi connectivity index (χ0n) is 18.3. The molecule has 0 radical (unpaired) electrons. The van der Waals surface area contributed by atoms with Gasteiger partial charge in [-0.25, -0.2) is 4.79 Å². The molecule has 1 N–H and O–H groups in total. The molecule has 6 nitrogen and oxygen atoms in total. The molecule has 0 saturated carbocycles. The summed E-state index contributed by atoms with van der Waals surface area (Å²) in [6.07, 6.45) is 0.704. The summed E-state index contributed by atoms with van der Waals surface area (Å²) >= 11 is 13.4. The van der Waals surface area contributed by atoms with Gasteiger partial charge in [-0.1, -0.05) is 53.5 Å². The van der Waals surface area contributed by atoms with Gasteiger partial charge in [0.1, 0.15) is 10.8 Å². The lowest BCUT2D eigenvalue weighted by molar-refractivity contribution is -0.118. The average molecular weight is 542 g/mol. The third kappa shape index (κ3) is 6.23. The smallest absolute Gasteiger partial charge is 0.341 e. The summed E-state index contributed by atoms with van der Waals surface area (Å²) in [5.74, 6) is -0.502. The number of hydrogen-bond donors (Lipinski definition) is 1. The maximum atomic E-state index is 12.6. The fraction of sp³-hybridized carbons (Fsp3) is 0.250. The number of rotatable bonds is 7. The summed E-state index contributed by atoms with van der Waals surface area (Å²) < 4.78 is 10.5. The Balaban J connectivity index is 0.00000324. The highest BCUT2D eigenvalue weighted by Crippen LogP contribution is 2.38. The summed E-state index contributed by atoms with van der Waals surface area (Å²) in [6, 6.07) is 15.0. The molecule has 10 heteroatoms. The van der Waals surface area contributed by atoms with Crippen LogP contribution in [0.15, 0.2) is 48.5 Å². The fourth-order valence-electron chi connectivity index (χ4n) is 3.74. The molecule has 3 aromatic rings. The maximum absolute atomic E-state index is 12.6. The third-order valence-corrected chi connectivity index (χ3v) is 6.94. The van der Waals surface area contributed by atoms with E-state index in [1.54, 1.807) is 18.2 Å². The van der Waals surface area contributed by atoms with Crippen LogP contribution in [0.4, 0.5) is 5.00 Å². The summed E-state index contributed by atoms with van der Waals surface area (Å²) in [4.78, 5) is 28.5. The van der Waals surface area contributed by atoms with Crippen molar-refractivity contribution in [2.75, 3.05) is 25.6 Å². The van der Waals surface area contributed by atoms with Crippen molar-refractivity contribution < 1.29 is 19.1 Å². The van der Waals surface area contributed by atoms with E-state index in [0.29, 0.717) is 39.3 Å². The highest BCUT2D eigenvalue weighted by molar-refractivity contribution is 7.17. The van der Waals surface area contributed by atoms with Crippen LogP contribution in [0.1, 0.15) is 26.4 Å². The van der Waals surface area contributed by atoms with Gasteiger partial charge < -0.3 is 14.8 Å². The van der Waals surface area contributed by atoms with Crippen LogP contribution < -0.4 is 10.1 Å². The summed E-state index contributed by atoms with van der Waals surface area (Å²) in [6.45, 7) is 2.08. The van der Waals surface area contributed by atoms with Crippen molar-refractivity contribution in [1.29, 1.82) is 0 Å². The number of anilines is 1. The van der Waals surface area contributed by atoms with Crippen molar-refractivity contribution in [1.82, 2.24) is 4.90 Å². The molecule has 0 bridgehead atoms. The highest BCUT2D eigenvalue weighted by atomic mass is 35.5. The molecular formula is C24H23Cl3N2O4S. The first-order valence-electron chi connectivity index (χ1n) is 10.3. The zero-order valence-corrected chi connectivity index (χ0v) is 21.5. The van der Waals surface area contributed by atoms with E-state index in [0.717, 1.165) is 23.5 Å². The molecule has 1 amide bonds. The Labute approximate surface area is 218 Å². The molecule has 2 heterocycles. The van der Waals surface area contributed by atoms with Gasteiger partial charge in [-0.05, 0) is 35.7 Å². The Kier molecular flexibility index (Phi) is 9.22. The normalized spacial score (nSPS) is 12.9. The molecule has 1 aliphatic rings. The topological polar surface area (TPSA) is 67.9 Å². The van der Waals surface area contributed by atoms with E-state index in [1.165, 1.54) is 24.0 Å². The Morgan fingerprint density at radius 3 is 2.62 bits per heavy atom. The van der Waals surface area contributed by atoms with Crippen molar-refractivity contribution in [3.63, 3.8) is 0 Å². The van der Waals surface area contributed by atoms with E-state index in [4.69, 9.17) is 32.7 Å². The second-order valence-electron chi connectivity index (χ2n) is 7.56. The zero-order chi connectivity index (χ0) is 23.4. The minimum Gasteiger partial charge on any atom is -0.482 e. The standard InChI is InChI=1S/C24H22Cl2N2O4S.ClH/c1-31-24(30)22-17-9-10-28(12-15-5-3-2-4-6-15)13-20(17)33-23(22)27-21(29)14-32-19-8-7-16(25)11-18(19)26;/h2-8,11H,9-10,12-14H2,1H3,(H,27,29);1H. The number of benzene rings is 2. The number of amides is 1. The first-order chi connectivity index (χ1) is 15.9. The molecule has 2 aromatic carbocycles. The quantitative estimate of drug-likeness (QED) is 0.381. The summed E-state index contributed by atoms with van der Waals surface area (Å²) in [7, 11) is 1.34. The van der Waals surface area contributed by atoms with Gasteiger partial charge in [-0.15, -0.1) is 23.7 Å². The number of nitrogens with one attached hydrogen (secondary N) is 1. The average Bonchev–Trinajstić information content (AvgIpc) is 3.15. The van der Waals surface area contributed by atoms with Gasteiger partial charge in [-0.2, -0.15) is 0 Å². The molecule has 1 aromatic heterocycles. The number of halogens is 3. The molecule has 0 unspecified atom stereocenters. The number of methoxy groups -OCH3 is 1. The van der Waals surface area contributed by atoms with Crippen LogP contribution in [-0.2, 0) is 29.0 Å². The number of nitrogens with zero attached hydrogens (tertiary/aromatic N) is 1. The van der Waals surface area contributed by atoms with Gasteiger partial charge in [-0.3, -0.25) is 9.69 Å². The van der Waals surface area contributed by atoms with Crippen LogP contribution in [0, 0.1) is 0 Å². The van der Waals surface area contributed by atoms with Crippen LogP contribution in [0.5, 0.6) is 5.75 Å². The Bertz CT molecular complexity index is 1170. The van der Waals surface area contributed by atoms with Crippen molar-refractivity contribution in [2.45, 2.75) is 19.5 Å². The van der Waals surface area contributed by atoms with Gasteiger partial charge in [0.2, 0.25) is 0 Å². The number of hydrogen-bond acceptors (Lipinski definition) is 6. The van der Waals surface area contributed by atoms with E-state index >= 15 is 0 Å². The van der Waals surface area contributed by atoms with Gasteiger partial charge in [0, 0.05) is 29.5 Å². The van der Waals surface area contributed by atoms with Crippen LogP contribution in [0.3, 0.4) is 0 Å². The number of carbonyl (C=O) groups excluding carboxylic acids is 2. The van der Waals surface area contributed by atoms with Crippen molar-refractivity contribution in [3.8, 4) is 5.75 Å². The first-order valence-corrected chi connectivity index (χ1v) is 11.9. The summed E-state index contributed by atoms with van der Waals surface area (Å²) in [5, 5.41) is 4.08. The highest BCUT2D eigenvalue weighted by Gasteiger charge is 2.29. The van der Waals surface area contributed by atoms with Gasteiger partial charge in [0.25, 0.3) is 5.91 Å². The molecule has 0 atom stereocenters. The lowest BCUT2D eigenvalue weighted by Gasteiger charge is -2.27. The maximum Gasteiger partial charge on any atom is 0.341 e. The van der Waals surface area contributed by atoms with Crippen molar-refractivity contribution in [2.24, 2.45) is 0 Å². The minimum absolute atomic E-state index is 0. The van der Waals surface area contributed by atoms with Crippen LogP contribution in [0.2, 0.25) is 10.0 Å². The van der Waals surface area contributed by atoms with E-state index in [-0.39, 0.29) is 19.0 Å². The molecule has 0 spiro atoms. The number of fused-ring (bicyclic) bond motifs is 1. The predicted molar refractivity (Wildman–Crippen MR) is 138 cm³/mol. The molecule has 34 heavy (non-hydrogen) atoms. The molecule has 0 aliphatic carbocycles. The van der Waals surface area contributed by atoms with Crippen molar-refractivity contribution in [3.05, 3.63) is 80.1 Å². The summed E-state index contributed by atoms with van der Waals surface area (Å²) in [5.41, 5.74) is 2.60. The van der Waals surface area contributed by atoms with Crippen LogP contribution >= 0.6 is 46.9 Å². The second-order valence-corrected chi connectivity index (χ2v) is 9.51. The van der Waals surface area contributed by atoms with Crippen LogP contribution in [0.25, 0.3) is 0 Å². The Morgan fingerprint density at radius 1 is 1.15 bits per heavy atom. The second kappa shape index (κ2) is 11.9. The first kappa shape index (κ1) is 26.3. The van der Waals surface area contributed by atoms with Gasteiger partial charge >= 0.3 is 5.97 Å². The lowest BCUT2D eigenvalue weighted by Crippen LogP contribution is -2.29. The predicted octanol–water partition coefficient (Wildman–Crippen LogP) is 5.84. The molecule has 180 valence electrons. The van der Waals surface area contributed by atoms with Gasteiger partial charge in [0.15, 0.2) is 6.61 Å². The number of thiophene rings is 1. The SMILES string of the molecule is COC(=O)c1c(NC(=O)COc2ccc(Cl)cc2Cl)sc2c1CCN(Cc1ccccc1)C2.Cl. The third-order valence-electron chi connectivity index (χ3n) is 5.28. The number of ether oxygens (including phenoxy) is 2. The van der Waals surface area contributed by atoms with Crippen LogP contribution in [-0.4, -0.2) is 37.0 Å². The number of esters is 1. The molecule has 4 rings (SSSR count). The monoisotopic (exact) mass is 540 g/mol. The largest absolute Gasteiger partial charge is 0.482 e. The Morgan fingerprint density at radius 2 is 1.91 bits per heavy atom. The molecular weight excluding hydrogens is 519 g/mol. The van der Waals surface area contributed by atoms with E-state index in [9.17, 15) is 9.59 Å². The minimum atomic E-state index is -0.457. The van der Waals surface area contributed by atoms with Crippen molar-refractivity contribution >= 4 is 63.8 Å². The van der Waals surface area contributed by atoms with E-state index in [2.05, 4.69) is 22.3 Å². The molecule has 0 fully saturated rings. The lowest BCUT2D eigenvalue weighted by atomic mass is 10.0. The molecule has 1 aliphatic heterocycles. The van der Waals surface area contributed by atoms with E-state index in [1.807, 2.05) is 18.2 Å². The Hall–Kier alpha value is -2.29.